The van der Waals surface area contributed by atoms with Crippen molar-refractivity contribution >= 4 is 58.1 Å². The summed E-state index contributed by atoms with van der Waals surface area (Å²) in [6.45, 7) is -1.02. The second-order valence-electron chi connectivity index (χ2n) is 17.1. The van der Waals surface area contributed by atoms with E-state index in [9.17, 15) is 33.6 Å². The van der Waals surface area contributed by atoms with Crippen molar-refractivity contribution in [3.05, 3.63) is 158 Å². The molecule has 6 N–H and O–H groups in total. The van der Waals surface area contributed by atoms with Gasteiger partial charge in [-0.2, -0.15) is 0 Å². The Labute approximate surface area is 429 Å². The number of hydrogen-bond donors (Lipinski definition) is 6. The molecule has 10 rings (SSSR count). The highest BCUT2D eigenvalue weighted by Crippen LogP contribution is 2.47. The summed E-state index contributed by atoms with van der Waals surface area (Å²) in [7, 11) is 0. The van der Waals surface area contributed by atoms with Crippen molar-refractivity contribution in [3.8, 4) is 44.5 Å². The summed E-state index contributed by atoms with van der Waals surface area (Å²) in [4.78, 5) is 10.9. The van der Waals surface area contributed by atoms with Crippen LogP contribution in [0.2, 0.25) is 0 Å². The summed E-state index contributed by atoms with van der Waals surface area (Å²) in [6, 6.07) is 2.49. The number of rotatable bonds is 7. The van der Waals surface area contributed by atoms with Crippen molar-refractivity contribution < 1.29 is 109 Å². The second kappa shape index (κ2) is 19.9. The number of aromatic amines is 2. The molecule has 1 fully saturated rings. The van der Waals surface area contributed by atoms with E-state index in [1.54, 1.807) is 0 Å². The first-order chi connectivity index (χ1) is 37.3. The summed E-state index contributed by atoms with van der Waals surface area (Å²) in [5.74, 6) is -49.4. The maximum Gasteiger partial charge on any atom is 0.200 e. The number of hydrogen-bond acceptors (Lipinski definition) is 8. The third kappa shape index (κ3) is 8.34. The van der Waals surface area contributed by atoms with Crippen LogP contribution in [0.5, 0.6) is 0 Å². The van der Waals surface area contributed by atoms with Gasteiger partial charge in [0.2, 0.25) is 17.5 Å². The van der Waals surface area contributed by atoms with Crippen LogP contribution in [0.25, 0.3) is 90.9 Å². The van der Waals surface area contributed by atoms with E-state index >= 15 is 70.2 Å². The lowest BCUT2D eigenvalue weighted by atomic mass is 10.0. The van der Waals surface area contributed by atoms with Crippen LogP contribution in [-0.2, 0) is 4.74 Å². The topological polar surface area (TPSA) is 148 Å². The number of ether oxygens (including phenoxy) is 1. The third-order valence-corrected chi connectivity index (χ3v) is 14.1. The number of fused-ring (bicyclic) bond motifs is 8. The zero-order valence-electron chi connectivity index (χ0n) is 37.9. The van der Waals surface area contributed by atoms with Crippen LogP contribution in [0.15, 0.2) is 29.2 Å². The van der Waals surface area contributed by atoms with Crippen molar-refractivity contribution in [3.63, 3.8) is 0 Å². The molecule has 8 bridgehead atoms. The van der Waals surface area contributed by atoms with Gasteiger partial charge in [-0.15, -0.1) is 11.8 Å². The molecule has 79 heavy (non-hydrogen) atoms. The van der Waals surface area contributed by atoms with E-state index in [1.165, 1.54) is 0 Å². The number of nitrogens with one attached hydrogen (secondary N) is 2. The molecule has 410 valence electrons. The van der Waals surface area contributed by atoms with Crippen molar-refractivity contribution in [2.24, 2.45) is 0 Å². The van der Waals surface area contributed by atoms with E-state index in [2.05, 4.69) is 19.9 Å². The van der Waals surface area contributed by atoms with Crippen LogP contribution >= 0.6 is 11.8 Å². The molecular weight excluding hydrogens is 1130 g/mol. The maximum absolute atomic E-state index is 16.9. The van der Waals surface area contributed by atoms with Crippen LogP contribution in [-0.4, -0.2) is 76.8 Å². The number of aliphatic hydroxyl groups excluding tert-OH is 4. The average Bonchev–Trinajstić information content (AvgIpc) is 4.47. The number of benzene rings is 4. The highest BCUT2D eigenvalue weighted by atomic mass is 32.2. The first-order valence-electron chi connectivity index (χ1n) is 21.9. The SMILES string of the molecule is OC[C@H]1OC(O)[C@H](Sc2c(F)c(F)c(-c3c4nc(c(-c5c(F)c(F)c(F)c(F)c5F)c5ccc([nH]5)c(-c5c(F)c(F)c(F)c(F)c5F)c5nc(c(-c6c(F)c(F)c(F)c(F)c6F)c6ccc3[nH]6)C=C5)C=C4)c(F)c2F)[C@@H](O)[C@@H]1O. The smallest absolute Gasteiger partial charge is 0.200 e. The lowest BCUT2D eigenvalue weighted by Gasteiger charge is -2.39. The second-order valence-corrected chi connectivity index (χ2v) is 18.3. The third-order valence-electron chi connectivity index (χ3n) is 12.7. The fraction of sp³-hybridized carbons (Fsp3) is 0.120. The van der Waals surface area contributed by atoms with Gasteiger partial charge in [0.25, 0.3) is 0 Å². The molecule has 0 spiro atoms. The van der Waals surface area contributed by atoms with Gasteiger partial charge in [-0.1, -0.05) is 0 Å². The summed E-state index contributed by atoms with van der Waals surface area (Å²) in [5.41, 5.74) is -20.8. The lowest BCUT2D eigenvalue weighted by Crippen LogP contribution is -2.57. The van der Waals surface area contributed by atoms with Crippen molar-refractivity contribution in [2.75, 3.05) is 6.61 Å². The Morgan fingerprint density at radius 2 is 0.620 bits per heavy atom. The minimum Gasteiger partial charge on any atom is -0.394 e. The van der Waals surface area contributed by atoms with Crippen LogP contribution in [0.4, 0.5) is 83.4 Å². The molecule has 9 nitrogen and oxygen atoms in total. The normalized spacial score (nSPS) is 18.1. The Morgan fingerprint density at radius 1 is 0.367 bits per heavy atom. The molecule has 0 radical (unpaired) electrons. The molecule has 3 aromatic heterocycles. The molecule has 1 saturated heterocycles. The number of nitrogens with zero attached hydrogens (tertiary/aromatic N) is 2. The molecule has 1 unspecified atom stereocenters. The predicted octanol–water partition coefficient (Wildman–Crippen LogP) is 11.9. The Morgan fingerprint density at radius 3 is 0.886 bits per heavy atom. The molecule has 5 atom stereocenters. The number of halogens is 19. The van der Waals surface area contributed by atoms with Crippen molar-refractivity contribution in [1.29, 1.82) is 0 Å². The largest absolute Gasteiger partial charge is 0.394 e. The zero-order valence-corrected chi connectivity index (χ0v) is 38.7. The minimum absolute atomic E-state index is 0.343. The molecule has 4 aromatic carbocycles. The highest BCUT2D eigenvalue weighted by molar-refractivity contribution is 8.00. The zero-order chi connectivity index (χ0) is 57.3. The van der Waals surface area contributed by atoms with E-state index < -0.39 is 241 Å². The first kappa shape index (κ1) is 54.6. The Hall–Kier alpha value is -7.70. The van der Waals surface area contributed by atoms with E-state index in [0.717, 1.165) is 0 Å². The fourth-order valence-electron chi connectivity index (χ4n) is 9.00. The molecule has 0 saturated carbocycles. The van der Waals surface area contributed by atoms with Crippen LogP contribution in [0, 0.1) is 111 Å². The first-order valence-corrected chi connectivity index (χ1v) is 22.8. The van der Waals surface area contributed by atoms with E-state index in [4.69, 9.17) is 4.74 Å². The van der Waals surface area contributed by atoms with Gasteiger partial charge >= 0.3 is 0 Å². The van der Waals surface area contributed by atoms with Crippen molar-refractivity contribution in [1.82, 2.24) is 19.9 Å². The Bertz CT molecular complexity index is 3890. The fourth-order valence-corrected chi connectivity index (χ4v) is 10.1. The summed E-state index contributed by atoms with van der Waals surface area (Å²) >= 11 is -0.343. The van der Waals surface area contributed by atoms with Gasteiger partial charge in [-0.25, -0.2) is 93.4 Å². The van der Waals surface area contributed by atoms with Crippen molar-refractivity contribution in [2.45, 2.75) is 34.7 Å². The van der Waals surface area contributed by atoms with Gasteiger partial charge in [0.1, 0.15) is 12.2 Å². The van der Waals surface area contributed by atoms with E-state index in [-0.39, 0.29) is 11.8 Å². The predicted molar refractivity (Wildman–Crippen MR) is 239 cm³/mol. The number of H-pyrrole nitrogens is 2. The molecule has 0 aliphatic carbocycles. The summed E-state index contributed by atoms with van der Waals surface area (Å²) in [6.07, 6.45) is -5.93. The Balaban J connectivity index is 1.40. The van der Waals surface area contributed by atoms with Gasteiger partial charge < -0.3 is 35.1 Å². The molecular formula is C50H21F19N4O5S. The average molecular weight is 1150 g/mol. The number of aliphatic hydroxyl groups is 4. The molecule has 3 aliphatic rings. The van der Waals surface area contributed by atoms with Crippen LogP contribution < -0.4 is 0 Å². The van der Waals surface area contributed by atoms with Crippen LogP contribution in [0.1, 0.15) is 22.8 Å². The summed E-state index contributed by atoms with van der Waals surface area (Å²) in [5, 5.41) is 38.9. The maximum atomic E-state index is 16.9. The van der Waals surface area contributed by atoms with Gasteiger partial charge in [-0.3, -0.25) is 0 Å². The summed E-state index contributed by atoms with van der Waals surface area (Å²) < 4.78 is 302. The van der Waals surface area contributed by atoms with E-state index in [0.29, 0.717) is 48.6 Å². The van der Waals surface area contributed by atoms with Gasteiger partial charge in [0.05, 0.1) is 67.9 Å². The minimum atomic E-state index is -2.74. The molecule has 29 heteroatoms. The van der Waals surface area contributed by atoms with Gasteiger partial charge in [0.15, 0.2) is 99.4 Å². The lowest BCUT2D eigenvalue weighted by molar-refractivity contribution is -0.234. The van der Waals surface area contributed by atoms with Gasteiger partial charge in [-0.05, 0) is 48.6 Å². The standard InChI is InChI=1S/C50H21F19N4O5S/c51-27-23(28(52)36(60)41(65)35(27)59)19-10-1-3-12(70-10)20(24-29(53)37(61)42(66)38(62)30(24)54)14-5-7-16(72-14)22(26-33(57)44(68)48(45(69)34(26)58)79-49-47(76)46(75)18(9-74)78-50(49)77)17-8-6-15(73-17)21(13-4-2-11(19)71-13)25-31(55)39(63)43(67)40(64)32(25)56/h1-8,18,46-47,49-50,70,73-77H,9H2/t18-,46-,47+,49-,50?/m1/s1. The quantitative estimate of drug-likeness (QED) is 0.0525. The monoisotopic (exact) mass is 1150 g/mol. The molecule has 3 aliphatic heterocycles. The van der Waals surface area contributed by atoms with E-state index in [1.807, 2.05) is 0 Å². The number of aromatic nitrogens is 4. The molecule has 7 aromatic rings. The van der Waals surface area contributed by atoms with Crippen LogP contribution in [0.3, 0.4) is 0 Å². The number of thioether (sulfide) groups is 1. The molecule has 0 amide bonds. The molecule has 6 heterocycles. The Kier molecular flexibility index (Phi) is 13.8. The van der Waals surface area contributed by atoms with Gasteiger partial charge in [0, 0.05) is 44.3 Å². The highest BCUT2D eigenvalue weighted by Gasteiger charge is 2.46.